The zero-order valence-electron chi connectivity index (χ0n) is 10.3. The summed E-state index contributed by atoms with van der Waals surface area (Å²) in [6.45, 7) is 1.47. The van der Waals surface area contributed by atoms with E-state index in [1.807, 2.05) is 0 Å². The molecular formula is C12H16F4N2. The number of halogens is 4. The van der Waals surface area contributed by atoms with E-state index in [0.717, 1.165) is 18.2 Å². The fourth-order valence-corrected chi connectivity index (χ4v) is 1.54. The lowest BCUT2D eigenvalue weighted by atomic mass is 10.1. The first-order valence-corrected chi connectivity index (χ1v) is 5.53. The van der Waals surface area contributed by atoms with Crippen molar-refractivity contribution in [3.05, 3.63) is 35.1 Å². The van der Waals surface area contributed by atoms with Gasteiger partial charge in [0.05, 0.1) is 5.56 Å². The van der Waals surface area contributed by atoms with Crippen molar-refractivity contribution >= 4 is 0 Å². The van der Waals surface area contributed by atoms with Crippen LogP contribution in [-0.2, 0) is 12.7 Å². The number of benzene rings is 1. The first-order chi connectivity index (χ1) is 8.34. The summed E-state index contributed by atoms with van der Waals surface area (Å²) in [5, 5.41) is 2.92. The molecule has 0 spiro atoms. The number of hydrogen-bond acceptors (Lipinski definition) is 2. The lowest BCUT2D eigenvalue weighted by Gasteiger charge is -2.17. The highest BCUT2D eigenvalue weighted by molar-refractivity contribution is 5.27. The van der Waals surface area contributed by atoms with Crippen molar-refractivity contribution in [1.82, 2.24) is 10.2 Å². The molecule has 0 bridgehead atoms. The maximum atomic E-state index is 13.4. The number of hydrogen-bond donors (Lipinski definition) is 1. The second-order valence-corrected chi connectivity index (χ2v) is 4.15. The lowest BCUT2D eigenvalue weighted by molar-refractivity contribution is -0.137. The van der Waals surface area contributed by atoms with E-state index in [2.05, 4.69) is 5.32 Å². The number of nitrogens with zero attached hydrogens (tertiary/aromatic N) is 1. The quantitative estimate of drug-likeness (QED) is 0.822. The average Bonchev–Trinajstić information content (AvgIpc) is 2.28. The summed E-state index contributed by atoms with van der Waals surface area (Å²) in [5.41, 5.74) is -0.760. The van der Waals surface area contributed by atoms with Crippen LogP contribution in [0.5, 0.6) is 0 Å². The highest BCUT2D eigenvalue weighted by Gasteiger charge is 2.31. The minimum atomic E-state index is -4.44. The zero-order valence-corrected chi connectivity index (χ0v) is 10.3. The molecule has 0 saturated heterocycles. The van der Waals surface area contributed by atoms with Gasteiger partial charge in [-0.1, -0.05) is 0 Å². The van der Waals surface area contributed by atoms with E-state index in [4.69, 9.17) is 0 Å². The maximum Gasteiger partial charge on any atom is 0.416 e. The third-order valence-electron chi connectivity index (χ3n) is 2.56. The van der Waals surface area contributed by atoms with E-state index in [0.29, 0.717) is 13.1 Å². The molecule has 1 rings (SSSR count). The molecule has 6 heteroatoms. The van der Waals surface area contributed by atoms with Gasteiger partial charge in [0.2, 0.25) is 0 Å². The Bertz CT molecular complexity index is 390. The largest absolute Gasteiger partial charge is 0.416 e. The van der Waals surface area contributed by atoms with Gasteiger partial charge >= 0.3 is 6.18 Å². The Balaban J connectivity index is 2.81. The number of rotatable bonds is 5. The van der Waals surface area contributed by atoms with Crippen LogP contribution in [0.1, 0.15) is 11.1 Å². The molecule has 0 saturated carbocycles. The van der Waals surface area contributed by atoms with Gasteiger partial charge in [-0.25, -0.2) is 4.39 Å². The molecule has 0 heterocycles. The molecule has 1 aromatic rings. The SMILES string of the molecule is CNCCN(C)Cc1cc(C(F)(F)F)ccc1F. The minimum Gasteiger partial charge on any atom is -0.318 e. The van der Waals surface area contributed by atoms with Gasteiger partial charge in [-0.15, -0.1) is 0 Å². The van der Waals surface area contributed by atoms with Crippen LogP contribution < -0.4 is 5.32 Å². The molecule has 0 aliphatic rings. The van der Waals surface area contributed by atoms with Crippen molar-refractivity contribution in [2.45, 2.75) is 12.7 Å². The van der Waals surface area contributed by atoms with Gasteiger partial charge in [-0.3, -0.25) is 0 Å². The normalized spacial score (nSPS) is 12.2. The second kappa shape index (κ2) is 6.15. The van der Waals surface area contributed by atoms with Crippen LogP contribution in [0.15, 0.2) is 18.2 Å². The summed E-state index contributed by atoms with van der Waals surface area (Å²) >= 11 is 0. The molecule has 0 fully saturated rings. The monoisotopic (exact) mass is 264 g/mol. The smallest absolute Gasteiger partial charge is 0.318 e. The van der Waals surface area contributed by atoms with Crippen LogP contribution in [0, 0.1) is 5.82 Å². The van der Waals surface area contributed by atoms with E-state index in [1.165, 1.54) is 0 Å². The molecule has 18 heavy (non-hydrogen) atoms. The van der Waals surface area contributed by atoms with Crippen LogP contribution in [0.2, 0.25) is 0 Å². The van der Waals surface area contributed by atoms with E-state index in [1.54, 1.807) is 19.0 Å². The predicted molar refractivity (Wildman–Crippen MR) is 61.7 cm³/mol. The Kier molecular flexibility index (Phi) is 5.10. The van der Waals surface area contributed by atoms with Gasteiger partial charge in [0.1, 0.15) is 5.82 Å². The summed E-state index contributed by atoms with van der Waals surface area (Å²) in [4.78, 5) is 1.76. The van der Waals surface area contributed by atoms with Gasteiger partial charge in [0, 0.05) is 25.2 Å². The molecule has 102 valence electrons. The average molecular weight is 264 g/mol. The fraction of sp³-hybridized carbons (Fsp3) is 0.500. The summed E-state index contributed by atoms with van der Waals surface area (Å²) in [6.07, 6.45) is -4.44. The van der Waals surface area contributed by atoms with Crippen molar-refractivity contribution in [2.24, 2.45) is 0 Å². The minimum absolute atomic E-state index is 0.0587. The van der Waals surface area contributed by atoms with Crippen molar-refractivity contribution in [1.29, 1.82) is 0 Å². The number of likely N-dealkylation sites (N-methyl/N-ethyl adjacent to an activating group) is 2. The van der Waals surface area contributed by atoms with E-state index in [9.17, 15) is 17.6 Å². The van der Waals surface area contributed by atoms with E-state index >= 15 is 0 Å². The Morgan fingerprint density at radius 1 is 1.28 bits per heavy atom. The van der Waals surface area contributed by atoms with Crippen LogP contribution in [0.25, 0.3) is 0 Å². The molecule has 1 aromatic carbocycles. The Labute approximate surface area is 104 Å². The van der Waals surface area contributed by atoms with Gasteiger partial charge in [-0.05, 0) is 32.3 Å². The van der Waals surface area contributed by atoms with Gasteiger partial charge in [-0.2, -0.15) is 13.2 Å². The van der Waals surface area contributed by atoms with E-state index < -0.39 is 17.6 Å². The highest BCUT2D eigenvalue weighted by atomic mass is 19.4. The molecule has 0 radical (unpaired) electrons. The Morgan fingerprint density at radius 2 is 1.94 bits per heavy atom. The topological polar surface area (TPSA) is 15.3 Å². The molecule has 0 atom stereocenters. The first kappa shape index (κ1) is 14.9. The molecule has 0 aliphatic heterocycles. The van der Waals surface area contributed by atoms with Gasteiger partial charge in [0.15, 0.2) is 0 Å². The molecule has 2 nitrogen and oxygen atoms in total. The van der Waals surface area contributed by atoms with Crippen LogP contribution in [0.3, 0.4) is 0 Å². The Hall–Kier alpha value is -1.14. The standard InChI is InChI=1S/C12H16F4N2/c1-17-5-6-18(2)8-9-7-10(12(14,15)16)3-4-11(9)13/h3-4,7,17H,5-6,8H2,1-2H3. The zero-order chi connectivity index (χ0) is 13.8. The molecule has 0 amide bonds. The van der Waals surface area contributed by atoms with Crippen molar-refractivity contribution in [2.75, 3.05) is 27.2 Å². The van der Waals surface area contributed by atoms with E-state index in [-0.39, 0.29) is 12.1 Å². The Morgan fingerprint density at radius 3 is 2.50 bits per heavy atom. The van der Waals surface area contributed by atoms with Crippen molar-refractivity contribution < 1.29 is 17.6 Å². The third kappa shape index (κ3) is 4.27. The summed E-state index contributed by atoms with van der Waals surface area (Å²) < 4.78 is 50.9. The molecule has 0 aliphatic carbocycles. The molecule has 0 aromatic heterocycles. The van der Waals surface area contributed by atoms with Gasteiger partial charge < -0.3 is 10.2 Å². The van der Waals surface area contributed by atoms with Crippen molar-refractivity contribution in [3.63, 3.8) is 0 Å². The van der Waals surface area contributed by atoms with Crippen LogP contribution in [-0.4, -0.2) is 32.1 Å². The number of alkyl halides is 3. The number of nitrogens with one attached hydrogen (secondary N) is 1. The third-order valence-corrected chi connectivity index (χ3v) is 2.56. The highest BCUT2D eigenvalue weighted by Crippen LogP contribution is 2.30. The maximum absolute atomic E-state index is 13.4. The molecular weight excluding hydrogens is 248 g/mol. The van der Waals surface area contributed by atoms with Crippen LogP contribution in [0.4, 0.5) is 17.6 Å². The predicted octanol–water partition coefficient (Wildman–Crippen LogP) is 2.50. The fourth-order valence-electron chi connectivity index (χ4n) is 1.54. The van der Waals surface area contributed by atoms with Gasteiger partial charge in [0.25, 0.3) is 0 Å². The molecule has 1 N–H and O–H groups in total. The van der Waals surface area contributed by atoms with Crippen LogP contribution >= 0.6 is 0 Å². The summed E-state index contributed by atoms with van der Waals surface area (Å²) in [5.74, 6) is -0.612. The lowest BCUT2D eigenvalue weighted by Crippen LogP contribution is -2.27. The first-order valence-electron chi connectivity index (χ1n) is 5.53. The second-order valence-electron chi connectivity index (χ2n) is 4.15. The summed E-state index contributed by atoms with van der Waals surface area (Å²) in [6, 6.07) is 2.49. The van der Waals surface area contributed by atoms with Crippen molar-refractivity contribution in [3.8, 4) is 0 Å². The summed E-state index contributed by atoms with van der Waals surface area (Å²) in [7, 11) is 3.51. The molecule has 0 unspecified atom stereocenters.